The lowest BCUT2D eigenvalue weighted by Gasteiger charge is -2.07. The highest BCUT2D eigenvalue weighted by Gasteiger charge is 2.43. The highest BCUT2D eigenvalue weighted by Crippen LogP contribution is 2.46. The van der Waals surface area contributed by atoms with E-state index in [0.29, 0.717) is 12.2 Å². The molecule has 1 aliphatic rings. The summed E-state index contributed by atoms with van der Waals surface area (Å²) in [5, 5.41) is 0. The van der Waals surface area contributed by atoms with Crippen molar-refractivity contribution in [2.45, 2.75) is 26.2 Å². The summed E-state index contributed by atoms with van der Waals surface area (Å²) >= 11 is 0. The van der Waals surface area contributed by atoms with E-state index in [0.717, 1.165) is 24.2 Å². The van der Waals surface area contributed by atoms with Gasteiger partial charge in [0.1, 0.15) is 11.5 Å². The van der Waals surface area contributed by atoms with Gasteiger partial charge in [-0.25, -0.2) is 0 Å². The summed E-state index contributed by atoms with van der Waals surface area (Å²) in [6.07, 6.45) is 2.64. The molecule has 2 nitrogen and oxygen atoms in total. The molecular weight excluding hydrogens is 188 g/mol. The lowest BCUT2D eigenvalue weighted by molar-refractivity contribution is -0.122. The topological polar surface area (TPSA) is 26.3 Å². The van der Waals surface area contributed by atoms with E-state index in [2.05, 4.69) is 6.92 Å². The van der Waals surface area contributed by atoms with Crippen LogP contribution >= 0.6 is 0 Å². The SMILES string of the molecule is COc1cccc(CC(=O)C2(C)CC2)c1. The van der Waals surface area contributed by atoms with E-state index in [1.165, 1.54) is 0 Å². The zero-order chi connectivity index (χ0) is 10.9. The number of hydrogen-bond donors (Lipinski definition) is 0. The summed E-state index contributed by atoms with van der Waals surface area (Å²) in [5.41, 5.74) is 1.02. The maximum atomic E-state index is 11.9. The molecule has 1 aromatic carbocycles. The van der Waals surface area contributed by atoms with Gasteiger partial charge in [-0.3, -0.25) is 4.79 Å². The largest absolute Gasteiger partial charge is 0.497 e. The Morgan fingerprint density at radius 2 is 2.20 bits per heavy atom. The molecule has 0 spiro atoms. The molecule has 0 unspecified atom stereocenters. The first-order valence-corrected chi connectivity index (χ1v) is 5.30. The average Bonchev–Trinajstić information content (AvgIpc) is 2.98. The molecule has 0 atom stereocenters. The van der Waals surface area contributed by atoms with Crippen LogP contribution in [0.25, 0.3) is 0 Å². The minimum absolute atomic E-state index is 0.0247. The number of Topliss-reactive ketones (excluding diaryl/α,β-unsaturated/α-hetero) is 1. The van der Waals surface area contributed by atoms with Crippen LogP contribution in [0.5, 0.6) is 5.75 Å². The molecule has 1 aromatic rings. The molecule has 2 rings (SSSR count). The number of benzene rings is 1. The van der Waals surface area contributed by atoms with E-state index in [4.69, 9.17) is 4.74 Å². The minimum Gasteiger partial charge on any atom is -0.497 e. The van der Waals surface area contributed by atoms with Crippen molar-refractivity contribution in [3.05, 3.63) is 29.8 Å². The van der Waals surface area contributed by atoms with Crippen LogP contribution in [0.2, 0.25) is 0 Å². The van der Waals surface area contributed by atoms with E-state index in [-0.39, 0.29) is 5.41 Å². The summed E-state index contributed by atoms with van der Waals surface area (Å²) < 4.78 is 5.13. The number of carbonyl (C=O) groups is 1. The van der Waals surface area contributed by atoms with Crippen molar-refractivity contribution in [3.63, 3.8) is 0 Å². The molecule has 0 heterocycles. The van der Waals surface area contributed by atoms with Crippen LogP contribution in [-0.4, -0.2) is 12.9 Å². The number of ether oxygens (including phenoxy) is 1. The standard InChI is InChI=1S/C13H16O2/c1-13(6-7-13)12(14)9-10-4-3-5-11(8-10)15-2/h3-5,8H,6-7,9H2,1-2H3. The molecular formula is C13H16O2. The Bertz CT molecular complexity index is 378. The second-order valence-electron chi connectivity index (χ2n) is 4.51. The molecule has 1 fully saturated rings. The van der Waals surface area contributed by atoms with Crippen molar-refractivity contribution < 1.29 is 9.53 Å². The molecule has 0 aliphatic heterocycles. The molecule has 0 radical (unpaired) electrons. The van der Waals surface area contributed by atoms with Crippen LogP contribution in [0.3, 0.4) is 0 Å². The smallest absolute Gasteiger partial charge is 0.143 e. The molecule has 0 aromatic heterocycles. The van der Waals surface area contributed by atoms with E-state index >= 15 is 0 Å². The second kappa shape index (κ2) is 3.69. The van der Waals surface area contributed by atoms with Crippen LogP contribution in [0.1, 0.15) is 25.3 Å². The van der Waals surface area contributed by atoms with Crippen molar-refractivity contribution in [3.8, 4) is 5.75 Å². The number of hydrogen-bond acceptors (Lipinski definition) is 2. The van der Waals surface area contributed by atoms with Gasteiger partial charge in [0.05, 0.1) is 7.11 Å². The number of ketones is 1. The first kappa shape index (κ1) is 10.2. The van der Waals surface area contributed by atoms with Gasteiger partial charge >= 0.3 is 0 Å². The van der Waals surface area contributed by atoms with Crippen LogP contribution in [0.4, 0.5) is 0 Å². The third-order valence-corrected chi connectivity index (χ3v) is 3.17. The Labute approximate surface area is 90.3 Å². The van der Waals surface area contributed by atoms with E-state index < -0.39 is 0 Å². The summed E-state index contributed by atoms with van der Waals surface area (Å²) in [6.45, 7) is 2.05. The first-order valence-electron chi connectivity index (χ1n) is 5.30. The Morgan fingerprint density at radius 1 is 1.47 bits per heavy atom. The quantitative estimate of drug-likeness (QED) is 0.753. The van der Waals surface area contributed by atoms with Crippen molar-refractivity contribution in [2.75, 3.05) is 7.11 Å². The van der Waals surface area contributed by atoms with Gasteiger partial charge in [-0.1, -0.05) is 19.1 Å². The van der Waals surface area contributed by atoms with Crippen LogP contribution < -0.4 is 4.74 Å². The van der Waals surface area contributed by atoms with Crippen LogP contribution in [-0.2, 0) is 11.2 Å². The van der Waals surface area contributed by atoms with Crippen LogP contribution in [0.15, 0.2) is 24.3 Å². The number of rotatable bonds is 4. The number of carbonyl (C=O) groups excluding carboxylic acids is 1. The lowest BCUT2D eigenvalue weighted by Crippen LogP contribution is -2.14. The Balaban J connectivity index is 2.07. The van der Waals surface area contributed by atoms with Crippen LogP contribution in [0, 0.1) is 5.41 Å². The van der Waals surface area contributed by atoms with Gasteiger partial charge in [-0.15, -0.1) is 0 Å². The fraction of sp³-hybridized carbons (Fsp3) is 0.462. The molecule has 0 bridgehead atoms. The molecule has 0 N–H and O–H groups in total. The second-order valence-corrected chi connectivity index (χ2v) is 4.51. The molecule has 1 aliphatic carbocycles. The lowest BCUT2D eigenvalue weighted by atomic mass is 9.97. The predicted octanol–water partition coefficient (Wildman–Crippen LogP) is 2.61. The molecule has 15 heavy (non-hydrogen) atoms. The summed E-state index contributed by atoms with van der Waals surface area (Å²) in [5.74, 6) is 1.18. The van der Waals surface area contributed by atoms with Gasteiger partial charge in [0, 0.05) is 11.8 Å². The molecule has 0 saturated heterocycles. The zero-order valence-electron chi connectivity index (χ0n) is 9.25. The maximum Gasteiger partial charge on any atom is 0.143 e. The normalized spacial score (nSPS) is 17.2. The minimum atomic E-state index is -0.0247. The number of methoxy groups -OCH3 is 1. The van der Waals surface area contributed by atoms with Gasteiger partial charge < -0.3 is 4.74 Å². The molecule has 2 heteroatoms. The van der Waals surface area contributed by atoms with Gasteiger partial charge in [0.25, 0.3) is 0 Å². The zero-order valence-corrected chi connectivity index (χ0v) is 9.25. The fourth-order valence-electron chi connectivity index (χ4n) is 1.65. The van der Waals surface area contributed by atoms with E-state index in [1.807, 2.05) is 24.3 Å². The summed E-state index contributed by atoms with van der Waals surface area (Å²) in [7, 11) is 1.64. The molecule has 0 amide bonds. The van der Waals surface area contributed by atoms with Crippen molar-refractivity contribution in [1.29, 1.82) is 0 Å². The Morgan fingerprint density at radius 3 is 2.80 bits per heavy atom. The van der Waals surface area contributed by atoms with Gasteiger partial charge in [0.15, 0.2) is 0 Å². The van der Waals surface area contributed by atoms with Gasteiger partial charge in [-0.05, 0) is 30.5 Å². The molecule has 1 saturated carbocycles. The predicted molar refractivity (Wildman–Crippen MR) is 59.0 cm³/mol. The average molecular weight is 204 g/mol. The van der Waals surface area contributed by atoms with Crippen molar-refractivity contribution >= 4 is 5.78 Å². The van der Waals surface area contributed by atoms with E-state index in [9.17, 15) is 4.79 Å². The third-order valence-electron chi connectivity index (χ3n) is 3.17. The monoisotopic (exact) mass is 204 g/mol. The van der Waals surface area contributed by atoms with Gasteiger partial charge in [0.2, 0.25) is 0 Å². The first-order chi connectivity index (χ1) is 7.14. The Hall–Kier alpha value is -1.31. The highest BCUT2D eigenvalue weighted by molar-refractivity contribution is 5.88. The summed E-state index contributed by atoms with van der Waals surface area (Å²) in [6, 6.07) is 7.74. The van der Waals surface area contributed by atoms with Gasteiger partial charge in [-0.2, -0.15) is 0 Å². The third kappa shape index (κ3) is 2.20. The van der Waals surface area contributed by atoms with Crippen molar-refractivity contribution in [1.82, 2.24) is 0 Å². The highest BCUT2D eigenvalue weighted by atomic mass is 16.5. The Kier molecular flexibility index (Phi) is 2.51. The molecule has 80 valence electrons. The van der Waals surface area contributed by atoms with E-state index in [1.54, 1.807) is 7.11 Å². The maximum absolute atomic E-state index is 11.9. The fourth-order valence-corrected chi connectivity index (χ4v) is 1.65. The van der Waals surface area contributed by atoms with Crippen molar-refractivity contribution in [2.24, 2.45) is 5.41 Å². The summed E-state index contributed by atoms with van der Waals surface area (Å²) in [4.78, 5) is 11.9.